The van der Waals surface area contributed by atoms with Gasteiger partial charge in [-0.25, -0.2) is 13.8 Å². The highest BCUT2D eigenvalue weighted by molar-refractivity contribution is 5.92. The lowest BCUT2D eigenvalue weighted by molar-refractivity contribution is 0.589. The Morgan fingerprint density at radius 3 is 2.65 bits per heavy atom. The summed E-state index contributed by atoms with van der Waals surface area (Å²) in [6.07, 6.45) is 4.61. The summed E-state index contributed by atoms with van der Waals surface area (Å²) in [7, 11) is 0. The van der Waals surface area contributed by atoms with Gasteiger partial charge in [-0.1, -0.05) is 12.8 Å². The second kappa shape index (κ2) is 5.35. The first-order valence-corrected chi connectivity index (χ1v) is 7.22. The molecule has 1 aliphatic rings. The third-order valence-electron chi connectivity index (χ3n) is 3.99. The number of hydrogen-bond acceptors (Lipinski definition) is 2. The Hall–Kier alpha value is -1.71. The van der Waals surface area contributed by atoms with Gasteiger partial charge < -0.3 is 5.32 Å². The summed E-state index contributed by atoms with van der Waals surface area (Å²) in [5.74, 6) is -0.746. The molecule has 1 aromatic heterocycles. The van der Waals surface area contributed by atoms with Crippen LogP contribution in [0.3, 0.4) is 0 Å². The monoisotopic (exact) mass is 276 g/mol. The van der Waals surface area contributed by atoms with Crippen molar-refractivity contribution in [1.29, 1.82) is 0 Å². The van der Waals surface area contributed by atoms with Gasteiger partial charge in [-0.3, -0.25) is 0 Å². The number of anilines is 1. The zero-order chi connectivity index (χ0) is 14.1. The molecule has 1 aromatic carbocycles. The minimum absolute atomic E-state index is 0.270. The van der Waals surface area contributed by atoms with Crippen molar-refractivity contribution in [3.63, 3.8) is 0 Å². The van der Waals surface area contributed by atoms with Crippen LogP contribution in [0.25, 0.3) is 10.9 Å². The maximum Gasteiger partial charge on any atom is 0.152 e. The zero-order valence-corrected chi connectivity index (χ0v) is 11.5. The van der Waals surface area contributed by atoms with Crippen LogP contribution in [0.15, 0.2) is 18.2 Å². The standard InChI is InChI=1S/C16H18F2N2/c1-2-19-15-9-14(10-5-3-4-6-10)20-16-12(15)7-11(17)8-13(16)18/h7-10H,2-6H2,1H3,(H,19,20). The fourth-order valence-corrected chi connectivity index (χ4v) is 3.04. The molecule has 0 atom stereocenters. The average molecular weight is 276 g/mol. The van der Waals surface area contributed by atoms with Gasteiger partial charge in [0.2, 0.25) is 0 Å². The molecule has 1 aliphatic carbocycles. The molecule has 20 heavy (non-hydrogen) atoms. The van der Waals surface area contributed by atoms with Crippen molar-refractivity contribution in [3.05, 3.63) is 35.5 Å². The second-order valence-corrected chi connectivity index (χ2v) is 5.39. The highest BCUT2D eigenvalue weighted by atomic mass is 19.1. The van der Waals surface area contributed by atoms with Crippen LogP contribution in [0.1, 0.15) is 44.2 Å². The molecule has 1 fully saturated rings. The lowest BCUT2D eigenvalue weighted by Crippen LogP contribution is -2.04. The first-order chi connectivity index (χ1) is 9.69. The molecular weight excluding hydrogens is 258 g/mol. The van der Waals surface area contributed by atoms with Crippen LogP contribution in [0, 0.1) is 11.6 Å². The largest absolute Gasteiger partial charge is 0.385 e. The Morgan fingerprint density at radius 2 is 1.95 bits per heavy atom. The molecule has 0 amide bonds. The van der Waals surface area contributed by atoms with Gasteiger partial charge in [0.1, 0.15) is 11.3 Å². The minimum Gasteiger partial charge on any atom is -0.385 e. The molecule has 4 heteroatoms. The van der Waals surface area contributed by atoms with E-state index in [2.05, 4.69) is 10.3 Å². The Labute approximate surface area is 117 Å². The molecule has 0 saturated heterocycles. The highest BCUT2D eigenvalue weighted by Gasteiger charge is 2.21. The van der Waals surface area contributed by atoms with Crippen LogP contribution in [-0.4, -0.2) is 11.5 Å². The molecule has 3 rings (SSSR count). The summed E-state index contributed by atoms with van der Waals surface area (Å²) in [5, 5.41) is 3.72. The highest BCUT2D eigenvalue weighted by Crippen LogP contribution is 2.36. The molecule has 1 heterocycles. The van der Waals surface area contributed by atoms with E-state index in [-0.39, 0.29) is 5.52 Å². The summed E-state index contributed by atoms with van der Waals surface area (Å²) >= 11 is 0. The van der Waals surface area contributed by atoms with Crippen molar-refractivity contribution in [3.8, 4) is 0 Å². The van der Waals surface area contributed by atoms with Crippen molar-refractivity contribution < 1.29 is 8.78 Å². The van der Waals surface area contributed by atoms with E-state index in [0.717, 1.165) is 30.3 Å². The van der Waals surface area contributed by atoms with E-state index in [1.807, 2.05) is 13.0 Å². The number of aromatic nitrogens is 1. The number of fused-ring (bicyclic) bond motifs is 1. The zero-order valence-electron chi connectivity index (χ0n) is 11.5. The van der Waals surface area contributed by atoms with Crippen LogP contribution in [0.2, 0.25) is 0 Å². The molecule has 0 unspecified atom stereocenters. The van der Waals surface area contributed by atoms with Gasteiger partial charge >= 0.3 is 0 Å². The number of nitrogens with one attached hydrogen (secondary N) is 1. The number of halogens is 2. The average Bonchev–Trinajstić information content (AvgIpc) is 2.93. The van der Waals surface area contributed by atoms with Crippen LogP contribution in [-0.2, 0) is 0 Å². The van der Waals surface area contributed by atoms with Gasteiger partial charge in [0, 0.05) is 35.3 Å². The number of hydrogen-bond donors (Lipinski definition) is 1. The van der Waals surface area contributed by atoms with Crippen molar-refractivity contribution in [2.45, 2.75) is 38.5 Å². The SMILES string of the molecule is CCNc1cc(C2CCCC2)nc2c(F)cc(F)cc12. The predicted octanol–water partition coefficient (Wildman–Crippen LogP) is 4.60. The Kier molecular flexibility index (Phi) is 3.55. The van der Waals surface area contributed by atoms with E-state index >= 15 is 0 Å². The topological polar surface area (TPSA) is 24.9 Å². The minimum atomic E-state index is -0.584. The van der Waals surface area contributed by atoms with Gasteiger partial charge in [0.25, 0.3) is 0 Å². The van der Waals surface area contributed by atoms with E-state index < -0.39 is 11.6 Å². The molecular formula is C16H18F2N2. The predicted molar refractivity (Wildman–Crippen MR) is 77.0 cm³/mol. The van der Waals surface area contributed by atoms with E-state index in [1.54, 1.807) is 0 Å². The molecule has 0 spiro atoms. The third kappa shape index (κ3) is 2.35. The first kappa shape index (κ1) is 13.3. The quantitative estimate of drug-likeness (QED) is 0.886. The van der Waals surface area contributed by atoms with Crippen LogP contribution in [0.5, 0.6) is 0 Å². The number of benzene rings is 1. The maximum absolute atomic E-state index is 14.0. The Balaban J connectivity index is 2.19. The van der Waals surface area contributed by atoms with Gasteiger partial charge in [-0.2, -0.15) is 0 Å². The Morgan fingerprint density at radius 1 is 1.20 bits per heavy atom. The van der Waals surface area contributed by atoms with Crippen molar-refractivity contribution in [2.24, 2.45) is 0 Å². The van der Waals surface area contributed by atoms with Gasteiger partial charge in [-0.15, -0.1) is 0 Å². The summed E-state index contributed by atoms with van der Waals surface area (Å²) in [6, 6.07) is 4.21. The molecule has 1 N–H and O–H groups in total. The number of rotatable bonds is 3. The van der Waals surface area contributed by atoms with Gasteiger partial charge in [0.05, 0.1) is 0 Å². The molecule has 0 radical (unpaired) electrons. The van der Waals surface area contributed by atoms with Gasteiger partial charge in [-0.05, 0) is 31.9 Å². The second-order valence-electron chi connectivity index (χ2n) is 5.39. The molecule has 1 saturated carbocycles. The molecule has 2 aromatic rings. The van der Waals surface area contributed by atoms with Crippen molar-refractivity contribution in [1.82, 2.24) is 4.98 Å². The third-order valence-corrected chi connectivity index (χ3v) is 3.99. The molecule has 0 bridgehead atoms. The van der Waals surface area contributed by atoms with Crippen LogP contribution in [0.4, 0.5) is 14.5 Å². The normalized spacial score (nSPS) is 15.9. The molecule has 0 aliphatic heterocycles. The maximum atomic E-state index is 14.0. The number of pyridine rings is 1. The van der Waals surface area contributed by atoms with Gasteiger partial charge in [0.15, 0.2) is 5.82 Å². The van der Waals surface area contributed by atoms with Crippen molar-refractivity contribution in [2.75, 3.05) is 11.9 Å². The van der Waals surface area contributed by atoms with Crippen molar-refractivity contribution >= 4 is 16.6 Å². The lowest BCUT2D eigenvalue weighted by atomic mass is 10.0. The Bertz CT molecular complexity index is 634. The van der Waals surface area contributed by atoms with E-state index in [9.17, 15) is 8.78 Å². The summed E-state index contributed by atoms with van der Waals surface area (Å²) < 4.78 is 27.4. The first-order valence-electron chi connectivity index (χ1n) is 7.22. The fourth-order valence-electron chi connectivity index (χ4n) is 3.04. The van der Waals surface area contributed by atoms with E-state index in [0.29, 0.717) is 17.8 Å². The number of nitrogens with zero attached hydrogens (tertiary/aromatic N) is 1. The molecule has 2 nitrogen and oxygen atoms in total. The van der Waals surface area contributed by atoms with Crippen LogP contribution >= 0.6 is 0 Å². The summed E-state index contributed by atoms with van der Waals surface area (Å²) in [6.45, 7) is 2.68. The summed E-state index contributed by atoms with van der Waals surface area (Å²) in [5.41, 5.74) is 1.97. The van der Waals surface area contributed by atoms with Crippen LogP contribution < -0.4 is 5.32 Å². The van der Waals surface area contributed by atoms with E-state index in [4.69, 9.17) is 0 Å². The lowest BCUT2D eigenvalue weighted by Gasteiger charge is -2.14. The fraction of sp³-hybridized carbons (Fsp3) is 0.438. The smallest absolute Gasteiger partial charge is 0.152 e. The summed E-state index contributed by atoms with van der Waals surface area (Å²) in [4.78, 5) is 4.46. The van der Waals surface area contributed by atoms with E-state index in [1.165, 1.54) is 18.9 Å². The molecule has 106 valence electrons.